The van der Waals surface area contributed by atoms with Crippen LogP contribution in [-0.4, -0.2) is 29.5 Å². The highest BCUT2D eigenvalue weighted by Gasteiger charge is 2.38. The van der Waals surface area contributed by atoms with Gasteiger partial charge in [-0.3, -0.25) is 14.6 Å². The maximum absolute atomic E-state index is 13.7. The molecule has 2 unspecified atom stereocenters. The molecule has 38 heavy (non-hydrogen) atoms. The molecule has 2 aliphatic rings. The number of nitrogens with one attached hydrogen (secondary N) is 1. The number of carbonyl (C=O) groups is 2. The van der Waals surface area contributed by atoms with Crippen LogP contribution in [0.4, 0.5) is 5.69 Å². The van der Waals surface area contributed by atoms with Crippen LogP contribution in [0.15, 0.2) is 94.8 Å². The van der Waals surface area contributed by atoms with Crippen molar-refractivity contribution < 1.29 is 14.3 Å². The van der Waals surface area contributed by atoms with E-state index in [2.05, 4.69) is 29.6 Å². The normalized spacial score (nSPS) is 18.5. The molecular weight excluding hydrogens is 494 g/mol. The minimum Gasteiger partial charge on any atom is -0.496 e. The molecule has 0 saturated carbocycles. The van der Waals surface area contributed by atoms with Crippen molar-refractivity contribution in [1.82, 2.24) is 4.90 Å². The molecule has 0 fully saturated rings. The van der Waals surface area contributed by atoms with Crippen LogP contribution in [0.1, 0.15) is 42.6 Å². The number of aliphatic imine (C=N–C) groups is 1. The minimum atomic E-state index is -0.400. The molecule has 194 valence electrons. The number of hydrogen-bond donors (Lipinski definition) is 1. The summed E-state index contributed by atoms with van der Waals surface area (Å²) < 4.78 is 5.68. The molecule has 3 aromatic carbocycles. The highest BCUT2D eigenvalue weighted by Crippen LogP contribution is 2.37. The Hall–Kier alpha value is -3.84. The number of benzene rings is 3. The second-order valence-electron chi connectivity index (χ2n) is 9.48. The van der Waals surface area contributed by atoms with Gasteiger partial charge >= 0.3 is 0 Å². The van der Waals surface area contributed by atoms with Crippen LogP contribution in [0.5, 0.6) is 5.75 Å². The number of methoxy groups -OCH3 is 1. The standard InChI is InChI=1S/C31H31N3O3S/c1-21(35)32-25-13-15-26(16-14-25)38-20-24-18-23(12-17-29(24)37-2)30-33-28-11-7-6-10-27(28)31(36)34(30)19-22-8-4-3-5-9-22/h3-5,7-9,11-18,27,30H,6,10,19-20H2,1-2H3,(H,32,35). The first-order chi connectivity index (χ1) is 18.5. The SMILES string of the molecule is COc1ccc(C2N=C3C=CCCC3C(=O)N2Cc2ccccc2)cc1CSc1ccc(NC(C)=O)cc1. The van der Waals surface area contributed by atoms with Gasteiger partial charge in [0.2, 0.25) is 11.8 Å². The van der Waals surface area contributed by atoms with Crippen LogP contribution < -0.4 is 10.1 Å². The fourth-order valence-corrected chi connectivity index (χ4v) is 5.79. The zero-order valence-electron chi connectivity index (χ0n) is 21.6. The van der Waals surface area contributed by atoms with E-state index in [1.165, 1.54) is 6.92 Å². The van der Waals surface area contributed by atoms with Gasteiger partial charge in [-0.25, -0.2) is 0 Å². The molecule has 2 atom stereocenters. The number of thioether (sulfide) groups is 1. The number of ether oxygens (including phenoxy) is 1. The Kier molecular flexibility index (Phi) is 7.94. The summed E-state index contributed by atoms with van der Waals surface area (Å²) in [6.07, 6.45) is 5.43. The summed E-state index contributed by atoms with van der Waals surface area (Å²) in [7, 11) is 1.68. The van der Waals surface area contributed by atoms with Crippen LogP contribution in [-0.2, 0) is 21.9 Å². The van der Waals surface area contributed by atoms with Crippen molar-refractivity contribution in [1.29, 1.82) is 0 Å². The molecule has 1 aliphatic carbocycles. The second kappa shape index (κ2) is 11.7. The molecule has 7 heteroatoms. The molecule has 3 aromatic rings. The molecule has 0 saturated heterocycles. The third kappa shape index (κ3) is 5.83. The number of fused-ring (bicyclic) bond motifs is 1. The number of allylic oxidation sites excluding steroid dienone is 2. The van der Waals surface area contributed by atoms with E-state index in [1.54, 1.807) is 18.9 Å². The first kappa shape index (κ1) is 25.8. The van der Waals surface area contributed by atoms with E-state index >= 15 is 0 Å². The maximum Gasteiger partial charge on any atom is 0.233 e. The van der Waals surface area contributed by atoms with Crippen molar-refractivity contribution in [3.63, 3.8) is 0 Å². The fourth-order valence-electron chi connectivity index (χ4n) is 4.92. The van der Waals surface area contributed by atoms with E-state index in [0.717, 1.165) is 51.6 Å². The van der Waals surface area contributed by atoms with Gasteiger partial charge < -0.3 is 15.0 Å². The van der Waals surface area contributed by atoms with Gasteiger partial charge in [-0.05, 0) is 66.4 Å². The topological polar surface area (TPSA) is 71.0 Å². The van der Waals surface area contributed by atoms with Crippen molar-refractivity contribution in [3.05, 3.63) is 102 Å². The Bertz CT molecular complexity index is 1370. The molecule has 1 aliphatic heterocycles. The molecule has 5 rings (SSSR count). The first-order valence-electron chi connectivity index (χ1n) is 12.8. The second-order valence-corrected chi connectivity index (χ2v) is 10.5. The van der Waals surface area contributed by atoms with Gasteiger partial charge in [-0.2, -0.15) is 0 Å². The monoisotopic (exact) mass is 525 g/mol. The van der Waals surface area contributed by atoms with Gasteiger partial charge in [-0.1, -0.05) is 42.5 Å². The lowest BCUT2D eigenvalue weighted by molar-refractivity contribution is -0.137. The fraction of sp³-hybridized carbons (Fsp3) is 0.258. The van der Waals surface area contributed by atoms with Gasteiger partial charge in [0.15, 0.2) is 0 Å². The number of amides is 2. The van der Waals surface area contributed by atoms with Crippen molar-refractivity contribution in [2.75, 3.05) is 12.4 Å². The lowest BCUT2D eigenvalue weighted by Crippen LogP contribution is -2.45. The number of hydrogen-bond acceptors (Lipinski definition) is 5. The van der Waals surface area contributed by atoms with Crippen LogP contribution in [0.3, 0.4) is 0 Å². The van der Waals surface area contributed by atoms with E-state index < -0.39 is 6.17 Å². The zero-order valence-corrected chi connectivity index (χ0v) is 22.4. The van der Waals surface area contributed by atoms with E-state index in [-0.39, 0.29) is 17.7 Å². The van der Waals surface area contributed by atoms with Crippen molar-refractivity contribution in [3.8, 4) is 5.75 Å². The third-order valence-corrected chi connectivity index (χ3v) is 7.84. The molecule has 0 spiro atoms. The summed E-state index contributed by atoms with van der Waals surface area (Å²) in [5.74, 6) is 1.37. The predicted octanol–water partition coefficient (Wildman–Crippen LogP) is 6.39. The van der Waals surface area contributed by atoms with Crippen LogP contribution >= 0.6 is 11.8 Å². The molecule has 0 bridgehead atoms. The lowest BCUT2D eigenvalue weighted by Gasteiger charge is -2.38. The highest BCUT2D eigenvalue weighted by molar-refractivity contribution is 7.98. The molecule has 6 nitrogen and oxygen atoms in total. The Morgan fingerprint density at radius 3 is 2.63 bits per heavy atom. The largest absolute Gasteiger partial charge is 0.496 e. The van der Waals surface area contributed by atoms with E-state index in [9.17, 15) is 9.59 Å². The Morgan fingerprint density at radius 2 is 1.89 bits per heavy atom. The Morgan fingerprint density at radius 1 is 1.11 bits per heavy atom. The van der Waals surface area contributed by atoms with Crippen molar-refractivity contribution in [2.45, 2.75) is 43.1 Å². The summed E-state index contributed by atoms with van der Waals surface area (Å²) in [6, 6.07) is 24.0. The predicted molar refractivity (Wildman–Crippen MR) is 152 cm³/mol. The average Bonchev–Trinajstić information content (AvgIpc) is 2.94. The number of anilines is 1. The van der Waals surface area contributed by atoms with Gasteiger partial charge in [0.05, 0.1) is 13.0 Å². The molecular formula is C31H31N3O3S. The van der Waals surface area contributed by atoms with E-state index in [1.807, 2.05) is 65.6 Å². The maximum atomic E-state index is 13.7. The van der Waals surface area contributed by atoms with Crippen LogP contribution in [0.2, 0.25) is 0 Å². The van der Waals surface area contributed by atoms with E-state index in [4.69, 9.17) is 9.73 Å². The van der Waals surface area contributed by atoms with Gasteiger partial charge in [0, 0.05) is 41.1 Å². The average molecular weight is 526 g/mol. The molecule has 0 aromatic heterocycles. The van der Waals surface area contributed by atoms with Crippen LogP contribution in [0, 0.1) is 5.92 Å². The Balaban J connectivity index is 1.43. The van der Waals surface area contributed by atoms with Crippen LogP contribution in [0.25, 0.3) is 0 Å². The quantitative estimate of drug-likeness (QED) is 0.346. The Labute approximate surface area is 227 Å². The third-order valence-electron chi connectivity index (χ3n) is 6.78. The smallest absolute Gasteiger partial charge is 0.233 e. The van der Waals surface area contributed by atoms with Gasteiger partial charge in [0.25, 0.3) is 0 Å². The summed E-state index contributed by atoms with van der Waals surface area (Å²) in [4.78, 5) is 33.1. The summed E-state index contributed by atoms with van der Waals surface area (Å²) in [5, 5.41) is 2.80. The summed E-state index contributed by atoms with van der Waals surface area (Å²) in [5.41, 5.74) is 4.74. The minimum absolute atomic E-state index is 0.0897. The summed E-state index contributed by atoms with van der Waals surface area (Å²) >= 11 is 1.69. The van der Waals surface area contributed by atoms with E-state index in [0.29, 0.717) is 12.3 Å². The van der Waals surface area contributed by atoms with Crippen molar-refractivity contribution in [2.24, 2.45) is 10.9 Å². The molecule has 2 amide bonds. The lowest BCUT2D eigenvalue weighted by atomic mass is 9.88. The number of nitrogens with zero attached hydrogens (tertiary/aromatic N) is 2. The van der Waals surface area contributed by atoms with Crippen molar-refractivity contribution >= 4 is 35.0 Å². The molecule has 0 radical (unpaired) electrons. The number of rotatable bonds is 8. The number of carbonyl (C=O) groups excluding carboxylic acids is 2. The highest BCUT2D eigenvalue weighted by atomic mass is 32.2. The van der Waals surface area contributed by atoms with Gasteiger partial charge in [0.1, 0.15) is 11.9 Å². The van der Waals surface area contributed by atoms with Gasteiger partial charge in [-0.15, -0.1) is 11.8 Å². The summed E-state index contributed by atoms with van der Waals surface area (Å²) in [6.45, 7) is 2.01. The zero-order chi connectivity index (χ0) is 26.5. The first-order valence-corrected chi connectivity index (χ1v) is 13.8. The molecule has 1 N–H and O–H groups in total. The molecule has 1 heterocycles.